The molecule has 2 heterocycles. The third-order valence-corrected chi connectivity index (χ3v) is 6.87. The van der Waals surface area contributed by atoms with Gasteiger partial charge in [0.1, 0.15) is 11.6 Å². The monoisotopic (exact) mass is 471 g/mol. The van der Waals surface area contributed by atoms with E-state index in [0.717, 1.165) is 30.7 Å². The first kappa shape index (κ1) is 22.6. The van der Waals surface area contributed by atoms with Crippen molar-refractivity contribution in [3.63, 3.8) is 0 Å². The van der Waals surface area contributed by atoms with Crippen LogP contribution in [-0.2, 0) is 16.6 Å². The summed E-state index contributed by atoms with van der Waals surface area (Å²) in [6, 6.07) is 15.1. The zero-order valence-corrected chi connectivity index (χ0v) is 18.4. The molecule has 0 amide bonds. The van der Waals surface area contributed by atoms with Crippen LogP contribution in [0.1, 0.15) is 5.56 Å². The Kier molecular flexibility index (Phi) is 6.52. The molecule has 0 bridgehead atoms. The standard InChI is InChI=1S/C22H22FN5O4S/c23-18-5-7-19(8-6-18)26-11-13-27(14-12-26)22-15-17(9-10-24-22)16-25-33(31,32)21-4-2-1-3-20(21)28(29)30/h1-10,15,25H,11-14,16H2. The largest absolute Gasteiger partial charge is 0.368 e. The van der Waals surface area contributed by atoms with E-state index < -0.39 is 20.6 Å². The van der Waals surface area contributed by atoms with E-state index in [9.17, 15) is 22.9 Å². The van der Waals surface area contributed by atoms with Gasteiger partial charge in [-0.15, -0.1) is 0 Å². The highest BCUT2D eigenvalue weighted by molar-refractivity contribution is 7.89. The van der Waals surface area contributed by atoms with Crippen LogP contribution in [0.5, 0.6) is 0 Å². The van der Waals surface area contributed by atoms with Crippen LogP contribution in [0, 0.1) is 15.9 Å². The number of anilines is 2. The van der Waals surface area contributed by atoms with Crippen LogP contribution >= 0.6 is 0 Å². The first-order valence-corrected chi connectivity index (χ1v) is 11.8. The zero-order chi connectivity index (χ0) is 23.4. The molecule has 33 heavy (non-hydrogen) atoms. The van der Waals surface area contributed by atoms with Gasteiger partial charge in [0, 0.05) is 50.7 Å². The molecule has 172 valence electrons. The average Bonchev–Trinajstić information content (AvgIpc) is 2.84. The molecule has 9 nitrogen and oxygen atoms in total. The van der Waals surface area contributed by atoms with Gasteiger partial charge in [-0.1, -0.05) is 12.1 Å². The number of piperazine rings is 1. The lowest BCUT2D eigenvalue weighted by Gasteiger charge is -2.36. The highest BCUT2D eigenvalue weighted by Gasteiger charge is 2.25. The van der Waals surface area contributed by atoms with Crippen molar-refractivity contribution in [1.29, 1.82) is 0 Å². The van der Waals surface area contributed by atoms with Crippen molar-refractivity contribution >= 4 is 27.2 Å². The lowest BCUT2D eigenvalue weighted by atomic mass is 10.2. The Labute approximate surface area is 190 Å². The molecule has 0 atom stereocenters. The Morgan fingerprint density at radius 3 is 2.36 bits per heavy atom. The van der Waals surface area contributed by atoms with Crippen LogP contribution in [0.3, 0.4) is 0 Å². The Hall–Kier alpha value is -3.57. The van der Waals surface area contributed by atoms with E-state index in [0.29, 0.717) is 18.7 Å². The van der Waals surface area contributed by atoms with Crippen LogP contribution < -0.4 is 14.5 Å². The summed E-state index contributed by atoms with van der Waals surface area (Å²) in [5, 5.41) is 11.2. The normalized spacial score (nSPS) is 14.3. The Morgan fingerprint density at radius 2 is 1.67 bits per heavy atom. The highest BCUT2D eigenvalue weighted by Crippen LogP contribution is 2.24. The van der Waals surface area contributed by atoms with Gasteiger partial charge in [0.05, 0.1) is 4.92 Å². The number of nitrogens with one attached hydrogen (secondary N) is 1. The number of para-hydroxylation sites is 1. The predicted octanol–water partition coefficient (Wildman–Crippen LogP) is 2.93. The summed E-state index contributed by atoms with van der Waals surface area (Å²) in [5.74, 6) is 0.451. The fourth-order valence-electron chi connectivity index (χ4n) is 3.68. The van der Waals surface area contributed by atoms with E-state index in [1.54, 1.807) is 30.5 Å². The van der Waals surface area contributed by atoms with E-state index >= 15 is 0 Å². The maximum Gasteiger partial charge on any atom is 0.289 e. The van der Waals surface area contributed by atoms with E-state index in [-0.39, 0.29) is 17.3 Å². The topological polar surface area (TPSA) is 109 Å². The Balaban J connectivity index is 1.41. The first-order chi connectivity index (χ1) is 15.8. The highest BCUT2D eigenvalue weighted by atomic mass is 32.2. The number of rotatable bonds is 7. The number of halogens is 1. The quantitative estimate of drug-likeness (QED) is 0.417. The van der Waals surface area contributed by atoms with Gasteiger partial charge in [-0.25, -0.2) is 22.5 Å². The summed E-state index contributed by atoms with van der Waals surface area (Å²) in [7, 11) is -4.07. The molecule has 0 radical (unpaired) electrons. The second-order valence-electron chi connectivity index (χ2n) is 7.52. The number of sulfonamides is 1. The van der Waals surface area contributed by atoms with Crippen LogP contribution in [0.4, 0.5) is 21.6 Å². The average molecular weight is 472 g/mol. The summed E-state index contributed by atoms with van der Waals surface area (Å²) in [6.07, 6.45) is 1.61. The minimum Gasteiger partial charge on any atom is -0.368 e. The molecule has 0 aliphatic carbocycles. The van der Waals surface area contributed by atoms with Gasteiger partial charge in [0.15, 0.2) is 4.90 Å². The van der Waals surface area contributed by atoms with Crippen molar-refractivity contribution in [2.24, 2.45) is 0 Å². The number of nitro benzene ring substituents is 1. The number of nitrogens with zero attached hydrogens (tertiary/aromatic N) is 4. The van der Waals surface area contributed by atoms with Gasteiger partial charge in [0.25, 0.3) is 5.69 Å². The predicted molar refractivity (Wildman–Crippen MR) is 122 cm³/mol. The fraction of sp³-hybridized carbons (Fsp3) is 0.227. The number of pyridine rings is 1. The molecular weight excluding hydrogens is 449 g/mol. The molecule has 1 N–H and O–H groups in total. The third kappa shape index (κ3) is 5.26. The molecule has 0 spiro atoms. The van der Waals surface area contributed by atoms with Gasteiger partial charge < -0.3 is 9.80 Å². The SMILES string of the molecule is O=[N+]([O-])c1ccccc1S(=O)(=O)NCc1ccnc(N2CCN(c3ccc(F)cc3)CC2)c1. The van der Waals surface area contributed by atoms with E-state index in [1.165, 1.54) is 30.3 Å². The van der Waals surface area contributed by atoms with Gasteiger partial charge in [-0.3, -0.25) is 10.1 Å². The number of aromatic nitrogens is 1. The molecule has 4 rings (SSSR count). The maximum atomic E-state index is 13.2. The summed E-state index contributed by atoms with van der Waals surface area (Å²) < 4.78 is 40.9. The molecule has 2 aromatic carbocycles. The van der Waals surface area contributed by atoms with Crippen molar-refractivity contribution in [2.45, 2.75) is 11.4 Å². The van der Waals surface area contributed by atoms with E-state index in [4.69, 9.17) is 0 Å². The van der Waals surface area contributed by atoms with Crippen LogP contribution in [-0.4, -0.2) is 44.5 Å². The van der Waals surface area contributed by atoms with Crippen molar-refractivity contribution in [1.82, 2.24) is 9.71 Å². The van der Waals surface area contributed by atoms with Crippen molar-refractivity contribution in [2.75, 3.05) is 36.0 Å². The molecule has 1 aromatic heterocycles. The number of benzene rings is 2. The second-order valence-corrected chi connectivity index (χ2v) is 9.26. The summed E-state index contributed by atoms with van der Waals surface area (Å²) in [6.45, 7) is 2.86. The number of hydrogen-bond donors (Lipinski definition) is 1. The molecule has 1 saturated heterocycles. The fourth-order valence-corrected chi connectivity index (χ4v) is 4.87. The molecule has 1 aliphatic heterocycles. The van der Waals surface area contributed by atoms with Gasteiger partial charge in [0.2, 0.25) is 10.0 Å². The van der Waals surface area contributed by atoms with Crippen molar-refractivity contribution in [3.05, 3.63) is 88.4 Å². The minimum absolute atomic E-state index is 0.0283. The van der Waals surface area contributed by atoms with Gasteiger partial charge >= 0.3 is 0 Å². The number of nitro groups is 1. The molecular formula is C22H22FN5O4S. The Morgan fingerprint density at radius 1 is 1.00 bits per heavy atom. The van der Waals surface area contributed by atoms with Gasteiger partial charge in [-0.05, 0) is 48.0 Å². The molecule has 1 aliphatic rings. The lowest BCUT2D eigenvalue weighted by Crippen LogP contribution is -2.46. The van der Waals surface area contributed by atoms with Crippen LogP contribution in [0.15, 0.2) is 71.8 Å². The first-order valence-electron chi connectivity index (χ1n) is 10.3. The lowest BCUT2D eigenvalue weighted by molar-refractivity contribution is -0.387. The smallest absolute Gasteiger partial charge is 0.289 e. The minimum atomic E-state index is -4.07. The molecule has 1 fully saturated rings. The van der Waals surface area contributed by atoms with E-state index in [1.807, 2.05) is 0 Å². The number of hydrogen-bond acceptors (Lipinski definition) is 7. The van der Waals surface area contributed by atoms with Crippen LogP contribution in [0.2, 0.25) is 0 Å². The third-order valence-electron chi connectivity index (χ3n) is 5.42. The molecule has 0 unspecified atom stereocenters. The summed E-state index contributed by atoms with van der Waals surface area (Å²) in [5.41, 5.74) is 1.17. The second kappa shape index (κ2) is 9.51. The van der Waals surface area contributed by atoms with Crippen molar-refractivity contribution < 1.29 is 17.7 Å². The molecule has 0 saturated carbocycles. The summed E-state index contributed by atoms with van der Waals surface area (Å²) in [4.78, 5) is 18.7. The Bertz CT molecular complexity index is 1250. The molecule has 3 aromatic rings. The van der Waals surface area contributed by atoms with Crippen molar-refractivity contribution in [3.8, 4) is 0 Å². The molecule has 11 heteroatoms. The zero-order valence-electron chi connectivity index (χ0n) is 17.6. The van der Waals surface area contributed by atoms with Crippen LogP contribution in [0.25, 0.3) is 0 Å². The van der Waals surface area contributed by atoms with E-state index in [2.05, 4.69) is 19.5 Å². The summed E-state index contributed by atoms with van der Waals surface area (Å²) >= 11 is 0. The maximum absolute atomic E-state index is 13.2. The van der Waals surface area contributed by atoms with Gasteiger partial charge in [-0.2, -0.15) is 0 Å².